The van der Waals surface area contributed by atoms with E-state index >= 15 is 0 Å². The van der Waals surface area contributed by atoms with Gasteiger partial charge in [-0.3, -0.25) is 4.79 Å². The number of alkyl halides is 3. The summed E-state index contributed by atoms with van der Waals surface area (Å²) in [6.45, 7) is -1.14. The summed E-state index contributed by atoms with van der Waals surface area (Å²) in [5.74, 6) is -2.16. The third kappa shape index (κ3) is 8.89. The Labute approximate surface area is 143 Å². The van der Waals surface area contributed by atoms with E-state index in [1.807, 2.05) is 21.1 Å². The summed E-state index contributed by atoms with van der Waals surface area (Å²) in [6.07, 6.45) is -3.79. The van der Waals surface area contributed by atoms with Gasteiger partial charge in [-0.15, -0.1) is 0 Å². The molecule has 0 saturated heterocycles. The van der Waals surface area contributed by atoms with Crippen LogP contribution in [-0.4, -0.2) is 67.9 Å². The average molecular weight is 363 g/mol. The standard InChI is InChI=1S/C15H20F3N3O4/c1-21(2,3)8-11(6-13(22)23)20-14(24)10-4-5-12(19-7-10)25-9-15(16,17)18/h4-5,7,11H,6,8-9H2,1-3H3,(H-,20,22,23,24)/t11-/m1/s1. The predicted octanol–water partition coefficient (Wildman–Crippen LogP) is -0.0327. The first-order chi connectivity index (χ1) is 11.4. The molecule has 0 unspecified atom stereocenters. The molecule has 0 bridgehead atoms. The van der Waals surface area contributed by atoms with Gasteiger partial charge in [-0.05, 0) is 6.07 Å². The van der Waals surface area contributed by atoms with E-state index in [0.717, 1.165) is 12.3 Å². The number of carboxylic acids is 1. The molecule has 0 radical (unpaired) electrons. The Hall–Kier alpha value is -2.36. The summed E-state index contributed by atoms with van der Waals surface area (Å²) in [5.41, 5.74) is 0.0733. The van der Waals surface area contributed by atoms with E-state index in [0.29, 0.717) is 11.0 Å². The van der Waals surface area contributed by atoms with E-state index in [1.54, 1.807) is 0 Å². The fourth-order valence-corrected chi connectivity index (χ4v) is 2.05. The summed E-state index contributed by atoms with van der Waals surface area (Å²) < 4.78 is 41.0. The summed E-state index contributed by atoms with van der Waals surface area (Å²) in [5, 5.41) is 13.4. The molecule has 7 nitrogen and oxygen atoms in total. The molecule has 0 aliphatic carbocycles. The number of carboxylic acid groups (broad SMARTS) is 1. The summed E-state index contributed by atoms with van der Waals surface area (Å²) in [7, 11) is 5.51. The second-order valence-electron chi connectivity index (χ2n) is 6.51. The Morgan fingerprint density at radius 1 is 1.32 bits per heavy atom. The van der Waals surface area contributed by atoms with Crippen molar-refractivity contribution in [1.82, 2.24) is 10.3 Å². The maximum Gasteiger partial charge on any atom is 0.422 e. The molecule has 10 heteroatoms. The third-order valence-electron chi connectivity index (χ3n) is 2.90. The minimum absolute atomic E-state index is 0.0733. The van der Waals surface area contributed by atoms with Crippen molar-refractivity contribution in [3.05, 3.63) is 23.9 Å². The maximum absolute atomic E-state index is 12.2. The molecule has 1 amide bonds. The second kappa shape index (κ2) is 8.15. The van der Waals surface area contributed by atoms with E-state index in [1.165, 1.54) is 6.07 Å². The largest absolute Gasteiger partial charge is 0.550 e. The molecule has 1 rings (SSSR count). The Balaban J connectivity index is 2.72. The van der Waals surface area contributed by atoms with Crippen molar-refractivity contribution in [2.24, 2.45) is 0 Å². The molecule has 1 heterocycles. The third-order valence-corrected chi connectivity index (χ3v) is 2.90. The van der Waals surface area contributed by atoms with Crippen LogP contribution in [0.3, 0.4) is 0 Å². The molecule has 140 valence electrons. The van der Waals surface area contributed by atoms with Gasteiger partial charge in [-0.25, -0.2) is 4.98 Å². The molecule has 1 aromatic heterocycles. The first-order valence-corrected chi connectivity index (χ1v) is 7.32. The van der Waals surface area contributed by atoms with Crippen LogP contribution in [0.15, 0.2) is 18.3 Å². The lowest BCUT2D eigenvalue weighted by atomic mass is 10.1. The highest BCUT2D eigenvalue weighted by atomic mass is 19.4. The van der Waals surface area contributed by atoms with Crippen LogP contribution in [-0.2, 0) is 4.79 Å². The molecule has 0 saturated carbocycles. The molecule has 1 atom stereocenters. The SMILES string of the molecule is C[N+](C)(C)C[C@@H](CC(=O)[O-])NC(=O)c1ccc(OCC(F)(F)F)nc1. The molecule has 0 spiro atoms. The van der Waals surface area contributed by atoms with Gasteiger partial charge in [0.1, 0.15) is 0 Å². The Morgan fingerprint density at radius 2 is 1.96 bits per heavy atom. The van der Waals surface area contributed by atoms with Crippen LogP contribution in [0.2, 0.25) is 0 Å². The molecule has 0 fully saturated rings. The number of amides is 1. The smallest absolute Gasteiger partial charge is 0.422 e. The number of likely N-dealkylation sites (N-methyl/N-ethyl adjacent to an activating group) is 1. The van der Waals surface area contributed by atoms with Crippen molar-refractivity contribution in [2.45, 2.75) is 18.6 Å². The van der Waals surface area contributed by atoms with Gasteiger partial charge < -0.3 is 24.4 Å². The Morgan fingerprint density at radius 3 is 2.40 bits per heavy atom. The van der Waals surface area contributed by atoms with Crippen LogP contribution in [0.25, 0.3) is 0 Å². The molecule has 0 aromatic carbocycles. The van der Waals surface area contributed by atoms with Gasteiger partial charge in [-0.2, -0.15) is 13.2 Å². The predicted molar refractivity (Wildman–Crippen MR) is 79.6 cm³/mol. The number of aromatic nitrogens is 1. The quantitative estimate of drug-likeness (QED) is 0.655. The van der Waals surface area contributed by atoms with Crippen molar-refractivity contribution in [1.29, 1.82) is 0 Å². The number of ether oxygens (including phenoxy) is 1. The zero-order chi connectivity index (χ0) is 19.3. The summed E-state index contributed by atoms with van der Waals surface area (Å²) in [6, 6.07) is 1.71. The molecule has 0 aliphatic rings. The number of aliphatic carboxylic acids is 1. The molecule has 1 aromatic rings. The zero-order valence-corrected chi connectivity index (χ0v) is 14.1. The van der Waals surface area contributed by atoms with Gasteiger partial charge in [0.05, 0.1) is 39.3 Å². The minimum Gasteiger partial charge on any atom is -0.550 e. The van der Waals surface area contributed by atoms with Crippen LogP contribution in [0.1, 0.15) is 16.8 Å². The van der Waals surface area contributed by atoms with E-state index in [4.69, 9.17) is 0 Å². The van der Waals surface area contributed by atoms with Crippen molar-refractivity contribution in [2.75, 3.05) is 34.3 Å². The van der Waals surface area contributed by atoms with Crippen molar-refractivity contribution in [3.63, 3.8) is 0 Å². The molecule has 25 heavy (non-hydrogen) atoms. The minimum atomic E-state index is -4.49. The Kier molecular flexibility index (Phi) is 6.74. The first-order valence-electron chi connectivity index (χ1n) is 7.32. The number of rotatable bonds is 8. The normalized spacial score (nSPS) is 13.2. The van der Waals surface area contributed by atoms with Crippen LogP contribution < -0.4 is 15.2 Å². The van der Waals surface area contributed by atoms with Crippen molar-refractivity contribution >= 4 is 11.9 Å². The molecular formula is C15H20F3N3O4. The van der Waals surface area contributed by atoms with Crippen LogP contribution >= 0.6 is 0 Å². The number of nitrogens with one attached hydrogen (secondary N) is 1. The topological polar surface area (TPSA) is 91.3 Å². The van der Waals surface area contributed by atoms with Gasteiger partial charge in [0.25, 0.3) is 5.91 Å². The lowest BCUT2D eigenvalue weighted by Crippen LogP contribution is -2.50. The lowest BCUT2D eigenvalue weighted by molar-refractivity contribution is -0.871. The molecular weight excluding hydrogens is 343 g/mol. The number of hydrogen-bond donors (Lipinski definition) is 1. The second-order valence-corrected chi connectivity index (χ2v) is 6.51. The number of carbonyl (C=O) groups excluding carboxylic acids is 2. The summed E-state index contributed by atoms with van der Waals surface area (Å²) >= 11 is 0. The van der Waals surface area contributed by atoms with E-state index in [2.05, 4.69) is 15.0 Å². The highest BCUT2D eigenvalue weighted by Gasteiger charge is 2.28. The fourth-order valence-electron chi connectivity index (χ4n) is 2.05. The number of nitrogens with zero attached hydrogens (tertiary/aromatic N) is 2. The highest BCUT2D eigenvalue weighted by Crippen LogP contribution is 2.17. The maximum atomic E-state index is 12.2. The Bertz CT molecular complexity index is 598. The number of carbonyl (C=O) groups is 2. The van der Waals surface area contributed by atoms with Crippen LogP contribution in [0.5, 0.6) is 5.88 Å². The monoisotopic (exact) mass is 363 g/mol. The number of quaternary nitrogens is 1. The average Bonchev–Trinajstić information content (AvgIpc) is 2.42. The lowest BCUT2D eigenvalue weighted by Gasteiger charge is -2.30. The number of hydrogen-bond acceptors (Lipinski definition) is 5. The van der Waals surface area contributed by atoms with E-state index in [-0.39, 0.29) is 17.9 Å². The van der Waals surface area contributed by atoms with E-state index in [9.17, 15) is 27.9 Å². The van der Waals surface area contributed by atoms with Crippen molar-refractivity contribution < 1.29 is 37.1 Å². The van der Waals surface area contributed by atoms with Crippen LogP contribution in [0, 0.1) is 0 Å². The van der Waals surface area contributed by atoms with Gasteiger partial charge in [-0.1, -0.05) is 0 Å². The number of halogens is 3. The fraction of sp³-hybridized carbons (Fsp3) is 0.533. The van der Waals surface area contributed by atoms with Crippen molar-refractivity contribution in [3.8, 4) is 5.88 Å². The zero-order valence-electron chi connectivity index (χ0n) is 14.1. The van der Waals surface area contributed by atoms with Gasteiger partial charge in [0.15, 0.2) is 6.61 Å². The first kappa shape index (κ1) is 20.7. The van der Waals surface area contributed by atoms with Gasteiger partial charge in [0.2, 0.25) is 5.88 Å². The number of pyridine rings is 1. The molecule has 1 N–H and O–H groups in total. The van der Waals surface area contributed by atoms with E-state index < -0.39 is 30.7 Å². The molecule has 0 aliphatic heterocycles. The highest BCUT2D eigenvalue weighted by molar-refractivity contribution is 5.94. The summed E-state index contributed by atoms with van der Waals surface area (Å²) in [4.78, 5) is 26.6. The van der Waals surface area contributed by atoms with Gasteiger partial charge in [0, 0.05) is 24.7 Å². The van der Waals surface area contributed by atoms with Crippen LogP contribution in [0.4, 0.5) is 13.2 Å². The van der Waals surface area contributed by atoms with Gasteiger partial charge >= 0.3 is 6.18 Å².